The molecular weight excluding hydrogens is 354 g/mol. The van der Waals surface area contributed by atoms with Gasteiger partial charge >= 0.3 is 0 Å². The Hall–Kier alpha value is -3.12. The van der Waals surface area contributed by atoms with E-state index in [1.807, 2.05) is 41.9 Å². The molecule has 1 aliphatic carbocycles. The number of nitrogens with one attached hydrogen (secondary N) is 1. The summed E-state index contributed by atoms with van der Waals surface area (Å²) < 4.78 is 0. The molecule has 3 heterocycles. The first-order valence-electron chi connectivity index (χ1n) is 8.91. The Balaban J connectivity index is 1.40. The van der Waals surface area contributed by atoms with E-state index < -0.39 is 0 Å². The SMILES string of the molecule is c1ccc(-c2nc(-c3ccnc(NC4CCc5cccnc54)n3)cs2)cc1. The van der Waals surface area contributed by atoms with E-state index >= 15 is 0 Å². The minimum absolute atomic E-state index is 0.159. The molecule has 132 valence electrons. The summed E-state index contributed by atoms with van der Waals surface area (Å²) in [5.74, 6) is 0.616. The van der Waals surface area contributed by atoms with E-state index in [2.05, 4.69) is 38.5 Å². The highest BCUT2D eigenvalue weighted by atomic mass is 32.1. The van der Waals surface area contributed by atoms with E-state index in [1.54, 1.807) is 17.5 Å². The summed E-state index contributed by atoms with van der Waals surface area (Å²) >= 11 is 1.63. The molecule has 0 bridgehead atoms. The highest BCUT2D eigenvalue weighted by Crippen LogP contribution is 2.32. The van der Waals surface area contributed by atoms with Crippen molar-refractivity contribution in [1.29, 1.82) is 0 Å². The molecule has 1 atom stereocenters. The lowest BCUT2D eigenvalue weighted by molar-refractivity contribution is 0.736. The molecule has 1 aliphatic rings. The summed E-state index contributed by atoms with van der Waals surface area (Å²) in [5, 5.41) is 6.47. The first-order valence-corrected chi connectivity index (χ1v) is 9.79. The lowest BCUT2D eigenvalue weighted by Crippen LogP contribution is -2.11. The highest BCUT2D eigenvalue weighted by molar-refractivity contribution is 7.13. The Labute approximate surface area is 161 Å². The molecule has 0 spiro atoms. The Kier molecular flexibility index (Phi) is 4.10. The van der Waals surface area contributed by atoms with Crippen molar-refractivity contribution in [3.8, 4) is 22.0 Å². The number of aromatic nitrogens is 4. The van der Waals surface area contributed by atoms with Crippen LogP contribution in [0.1, 0.15) is 23.7 Å². The van der Waals surface area contributed by atoms with E-state index in [9.17, 15) is 0 Å². The van der Waals surface area contributed by atoms with Crippen molar-refractivity contribution < 1.29 is 0 Å². The van der Waals surface area contributed by atoms with Crippen LogP contribution in [0.3, 0.4) is 0 Å². The van der Waals surface area contributed by atoms with E-state index in [0.29, 0.717) is 5.95 Å². The van der Waals surface area contributed by atoms with Gasteiger partial charge in [0.05, 0.1) is 17.4 Å². The van der Waals surface area contributed by atoms with Crippen molar-refractivity contribution in [3.05, 3.63) is 77.6 Å². The van der Waals surface area contributed by atoms with Crippen LogP contribution in [0.5, 0.6) is 0 Å². The summed E-state index contributed by atoms with van der Waals surface area (Å²) in [6.07, 6.45) is 5.67. The average Bonchev–Trinajstić information content (AvgIpc) is 3.37. The third-order valence-corrected chi connectivity index (χ3v) is 5.60. The summed E-state index contributed by atoms with van der Waals surface area (Å²) in [7, 11) is 0. The fourth-order valence-corrected chi connectivity index (χ4v) is 4.20. The van der Waals surface area contributed by atoms with Crippen molar-refractivity contribution in [2.45, 2.75) is 18.9 Å². The van der Waals surface area contributed by atoms with E-state index in [1.165, 1.54) is 5.56 Å². The number of hydrogen-bond donors (Lipinski definition) is 1. The van der Waals surface area contributed by atoms with Gasteiger partial charge < -0.3 is 5.32 Å². The van der Waals surface area contributed by atoms with Crippen LogP contribution in [-0.4, -0.2) is 19.9 Å². The van der Waals surface area contributed by atoms with Gasteiger partial charge in [0.25, 0.3) is 0 Å². The molecular formula is C21H17N5S. The topological polar surface area (TPSA) is 63.6 Å². The number of rotatable bonds is 4. The number of pyridine rings is 1. The highest BCUT2D eigenvalue weighted by Gasteiger charge is 2.24. The quantitative estimate of drug-likeness (QED) is 0.560. The van der Waals surface area contributed by atoms with Crippen LogP contribution >= 0.6 is 11.3 Å². The van der Waals surface area contributed by atoms with Gasteiger partial charge in [-0.1, -0.05) is 36.4 Å². The molecule has 4 aromatic rings. The number of fused-ring (bicyclic) bond motifs is 1. The standard InChI is InChI=1S/C21H17N5S/c1-2-5-15(6-3-1)20-24-18(13-27-20)16-10-12-23-21(25-16)26-17-9-8-14-7-4-11-22-19(14)17/h1-7,10-13,17H,8-9H2,(H,23,25,26). The number of hydrogen-bond acceptors (Lipinski definition) is 6. The van der Waals surface area contributed by atoms with Gasteiger partial charge in [-0.05, 0) is 30.5 Å². The minimum Gasteiger partial charge on any atom is -0.346 e. The van der Waals surface area contributed by atoms with Crippen molar-refractivity contribution in [3.63, 3.8) is 0 Å². The van der Waals surface area contributed by atoms with Gasteiger partial charge in [0.1, 0.15) is 10.7 Å². The van der Waals surface area contributed by atoms with Crippen molar-refractivity contribution in [1.82, 2.24) is 19.9 Å². The monoisotopic (exact) mass is 371 g/mol. The maximum absolute atomic E-state index is 4.75. The van der Waals surface area contributed by atoms with Crippen molar-refractivity contribution in [2.75, 3.05) is 5.32 Å². The lowest BCUT2D eigenvalue weighted by atomic mass is 10.2. The molecule has 27 heavy (non-hydrogen) atoms. The van der Waals surface area contributed by atoms with Gasteiger partial charge in [0.15, 0.2) is 0 Å². The van der Waals surface area contributed by atoms with Crippen LogP contribution in [0.4, 0.5) is 5.95 Å². The molecule has 0 fully saturated rings. The average molecular weight is 371 g/mol. The van der Waals surface area contributed by atoms with Gasteiger partial charge in [-0.2, -0.15) is 0 Å². The van der Waals surface area contributed by atoms with Crippen molar-refractivity contribution in [2.24, 2.45) is 0 Å². The lowest BCUT2D eigenvalue weighted by Gasteiger charge is -2.13. The second-order valence-corrected chi connectivity index (χ2v) is 7.31. The summed E-state index contributed by atoms with van der Waals surface area (Å²) in [6.45, 7) is 0. The Morgan fingerprint density at radius 3 is 2.74 bits per heavy atom. The van der Waals surface area contributed by atoms with Gasteiger partial charge in [0, 0.05) is 23.3 Å². The summed E-state index contributed by atoms with van der Waals surface area (Å²) in [4.78, 5) is 18.3. The van der Waals surface area contributed by atoms with Gasteiger partial charge in [-0.3, -0.25) is 4.98 Å². The van der Waals surface area contributed by atoms with E-state index in [4.69, 9.17) is 4.98 Å². The fourth-order valence-electron chi connectivity index (χ4n) is 3.38. The largest absolute Gasteiger partial charge is 0.346 e. The Morgan fingerprint density at radius 1 is 0.889 bits per heavy atom. The molecule has 5 nitrogen and oxygen atoms in total. The van der Waals surface area contributed by atoms with Gasteiger partial charge in [-0.15, -0.1) is 11.3 Å². The number of benzene rings is 1. The molecule has 0 aliphatic heterocycles. The van der Waals surface area contributed by atoms with Crippen LogP contribution in [0.15, 0.2) is 66.3 Å². The molecule has 0 saturated carbocycles. The molecule has 0 saturated heterocycles. The maximum Gasteiger partial charge on any atom is 0.223 e. The molecule has 0 amide bonds. The molecule has 5 rings (SSSR count). The number of nitrogens with zero attached hydrogens (tertiary/aromatic N) is 4. The third-order valence-electron chi connectivity index (χ3n) is 4.70. The predicted molar refractivity (Wildman–Crippen MR) is 107 cm³/mol. The zero-order chi connectivity index (χ0) is 18.1. The number of aryl methyl sites for hydroxylation is 1. The molecule has 1 N–H and O–H groups in total. The zero-order valence-corrected chi connectivity index (χ0v) is 15.4. The number of anilines is 1. The second kappa shape index (κ2) is 6.89. The first-order chi connectivity index (χ1) is 13.4. The molecule has 1 unspecified atom stereocenters. The van der Waals surface area contributed by atoms with E-state index in [-0.39, 0.29) is 6.04 Å². The van der Waals surface area contributed by atoms with E-state index in [0.717, 1.165) is 40.5 Å². The minimum atomic E-state index is 0.159. The Bertz CT molecular complexity index is 1080. The van der Waals surface area contributed by atoms with Crippen LogP contribution < -0.4 is 5.32 Å². The Morgan fingerprint density at radius 2 is 1.81 bits per heavy atom. The zero-order valence-electron chi connectivity index (χ0n) is 14.5. The van der Waals surface area contributed by atoms with Crippen molar-refractivity contribution >= 4 is 17.3 Å². The van der Waals surface area contributed by atoms with Gasteiger partial charge in [0.2, 0.25) is 5.95 Å². The summed E-state index contributed by atoms with van der Waals surface area (Å²) in [6, 6.07) is 16.4. The fraction of sp³-hybridized carbons (Fsp3) is 0.143. The van der Waals surface area contributed by atoms with Crippen LogP contribution in [-0.2, 0) is 6.42 Å². The smallest absolute Gasteiger partial charge is 0.223 e. The number of thiazole rings is 1. The first kappa shape index (κ1) is 16.1. The van der Waals surface area contributed by atoms with Crippen LogP contribution in [0.2, 0.25) is 0 Å². The van der Waals surface area contributed by atoms with Crippen LogP contribution in [0, 0.1) is 0 Å². The molecule has 6 heteroatoms. The molecule has 0 radical (unpaired) electrons. The third kappa shape index (κ3) is 3.19. The summed E-state index contributed by atoms with van der Waals surface area (Å²) in [5.41, 5.74) is 5.22. The normalized spacial score (nSPS) is 15.5. The second-order valence-electron chi connectivity index (χ2n) is 6.45. The molecule has 3 aromatic heterocycles. The van der Waals surface area contributed by atoms with Gasteiger partial charge in [-0.25, -0.2) is 15.0 Å². The van der Waals surface area contributed by atoms with Crippen LogP contribution in [0.25, 0.3) is 22.0 Å². The molecule has 1 aromatic carbocycles. The maximum atomic E-state index is 4.75. The predicted octanol–water partition coefficient (Wildman–Crippen LogP) is 4.76.